The SMILES string of the molecule is CCCOCc1c(CNC2CC2)oc2ccccc12. The van der Waals surface area contributed by atoms with E-state index in [1.807, 2.05) is 12.1 Å². The lowest BCUT2D eigenvalue weighted by atomic mass is 10.1. The molecule has 0 amide bonds. The van der Waals surface area contributed by atoms with Crippen LogP contribution in [0, 0.1) is 0 Å². The van der Waals surface area contributed by atoms with Crippen molar-refractivity contribution < 1.29 is 9.15 Å². The van der Waals surface area contributed by atoms with E-state index in [1.165, 1.54) is 23.8 Å². The summed E-state index contributed by atoms with van der Waals surface area (Å²) in [5.74, 6) is 1.03. The normalized spacial score (nSPS) is 15.2. The number of rotatable bonds is 7. The van der Waals surface area contributed by atoms with Crippen LogP contribution in [0.1, 0.15) is 37.5 Å². The first-order valence-electron chi connectivity index (χ1n) is 7.19. The van der Waals surface area contributed by atoms with Crippen molar-refractivity contribution in [3.63, 3.8) is 0 Å². The van der Waals surface area contributed by atoms with Gasteiger partial charge in [-0.1, -0.05) is 25.1 Å². The van der Waals surface area contributed by atoms with Gasteiger partial charge in [0.1, 0.15) is 11.3 Å². The predicted molar refractivity (Wildman–Crippen MR) is 76.0 cm³/mol. The lowest BCUT2D eigenvalue weighted by Gasteiger charge is -2.05. The highest BCUT2D eigenvalue weighted by molar-refractivity contribution is 5.82. The fourth-order valence-corrected chi connectivity index (χ4v) is 2.29. The highest BCUT2D eigenvalue weighted by Crippen LogP contribution is 2.28. The maximum atomic E-state index is 5.97. The van der Waals surface area contributed by atoms with Crippen LogP contribution in [0.15, 0.2) is 28.7 Å². The lowest BCUT2D eigenvalue weighted by Crippen LogP contribution is -2.16. The number of para-hydroxylation sites is 1. The molecule has 1 N–H and O–H groups in total. The zero-order valence-corrected chi connectivity index (χ0v) is 11.4. The van der Waals surface area contributed by atoms with Gasteiger partial charge >= 0.3 is 0 Å². The van der Waals surface area contributed by atoms with E-state index >= 15 is 0 Å². The molecule has 1 saturated carbocycles. The topological polar surface area (TPSA) is 34.4 Å². The molecular weight excluding hydrogens is 238 g/mol. The Morgan fingerprint density at radius 3 is 2.95 bits per heavy atom. The number of hydrogen-bond donors (Lipinski definition) is 1. The number of benzene rings is 1. The first-order valence-corrected chi connectivity index (χ1v) is 7.19. The third-order valence-corrected chi connectivity index (χ3v) is 3.51. The molecule has 3 rings (SSSR count). The summed E-state index contributed by atoms with van der Waals surface area (Å²) >= 11 is 0. The van der Waals surface area contributed by atoms with E-state index in [9.17, 15) is 0 Å². The van der Waals surface area contributed by atoms with Crippen LogP contribution in [0.25, 0.3) is 11.0 Å². The van der Waals surface area contributed by atoms with Crippen LogP contribution in [0.4, 0.5) is 0 Å². The van der Waals surface area contributed by atoms with Gasteiger partial charge in [0.2, 0.25) is 0 Å². The van der Waals surface area contributed by atoms with Crippen molar-refractivity contribution in [2.24, 2.45) is 0 Å². The Hall–Kier alpha value is -1.32. The molecule has 1 aliphatic rings. The summed E-state index contributed by atoms with van der Waals surface area (Å²) in [5.41, 5.74) is 2.17. The minimum atomic E-state index is 0.645. The molecule has 2 aromatic rings. The Kier molecular flexibility index (Phi) is 3.85. The average Bonchev–Trinajstić information content (AvgIpc) is 3.20. The summed E-state index contributed by atoms with van der Waals surface area (Å²) in [7, 11) is 0. The summed E-state index contributed by atoms with van der Waals surface area (Å²) in [5, 5.41) is 4.70. The quantitative estimate of drug-likeness (QED) is 0.771. The van der Waals surface area contributed by atoms with Gasteiger partial charge in [-0.15, -0.1) is 0 Å². The van der Waals surface area contributed by atoms with Gasteiger partial charge in [0.15, 0.2) is 0 Å². The average molecular weight is 259 g/mol. The number of nitrogens with one attached hydrogen (secondary N) is 1. The van der Waals surface area contributed by atoms with Crippen molar-refractivity contribution in [3.05, 3.63) is 35.6 Å². The third kappa shape index (κ3) is 2.99. The van der Waals surface area contributed by atoms with Gasteiger partial charge in [-0.3, -0.25) is 0 Å². The standard InChI is InChI=1S/C16H21NO2/c1-2-9-18-11-14-13-5-3-4-6-15(13)19-16(14)10-17-12-7-8-12/h3-6,12,17H,2,7-11H2,1H3. The molecule has 3 heteroatoms. The minimum absolute atomic E-state index is 0.645. The highest BCUT2D eigenvalue weighted by atomic mass is 16.5. The van der Waals surface area contributed by atoms with Crippen molar-refractivity contribution in [3.8, 4) is 0 Å². The van der Waals surface area contributed by atoms with E-state index in [0.717, 1.165) is 30.9 Å². The molecule has 102 valence electrons. The molecule has 1 heterocycles. The number of ether oxygens (including phenoxy) is 1. The van der Waals surface area contributed by atoms with E-state index in [1.54, 1.807) is 0 Å². The summed E-state index contributed by atoms with van der Waals surface area (Å²) in [6.07, 6.45) is 3.63. The predicted octanol–water partition coefficient (Wildman–Crippen LogP) is 3.61. The number of furan rings is 1. The fraction of sp³-hybridized carbons (Fsp3) is 0.500. The Bertz CT molecular complexity index is 543. The zero-order chi connectivity index (χ0) is 13.1. The van der Waals surface area contributed by atoms with Gasteiger partial charge in [-0.25, -0.2) is 0 Å². The molecule has 0 aliphatic heterocycles. The molecule has 0 spiro atoms. The number of hydrogen-bond acceptors (Lipinski definition) is 3. The van der Waals surface area contributed by atoms with E-state index in [2.05, 4.69) is 24.4 Å². The molecule has 0 bridgehead atoms. The summed E-state index contributed by atoms with van der Waals surface area (Å²) in [6.45, 7) is 4.38. The van der Waals surface area contributed by atoms with Gasteiger partial charge in [-0.05, 0) is 25.3 Å². The van der Waals surface area contributed by atoms with E-state index < -0.39 is 0 Å². The molecule has 19 heavy (non-hydrogen) atoms. The van der Waals surface area contributed by atoms with Crippen molar-refractivity contribution in [1.82, 2.24) is 5.32 Å². The van der Waals surface area contributed by atoms with E-state index in [-0.39, 0.29) is 0 Å². The summed E-state index contributed by atoms with van der Waals surface area (Å²) < 4.78 is 11.7. The second kappa shape index (κ2) is 5.76. The molecule has 1 aromatic carbocycles. The van der Waals surface area contributed by atoms with Gasteiger partial charge < -0.3 is 14.5 Å². The van der Waals surface area contributed by atoms with Crippen LogP contribution < -0.4 is 5.32 Å². The van der Waals surface area contributed by atoms with Crippen LogP contribution in [-0.2, 0) is 17.9 Å². The molecule has 1 aliphatic carbocycles. The molecular formula is C16H21NO2. The summed E-state index contributed by atoms with van der Waals surface area (Å²) in [4.78, 5) is 0. The monoisotopic (exact) mass is 259 g/mol. The van der Waals surface area contributed by atoms with Gasteiger partial charge in [0, 0.05) is 23.6 Å². The van der Waals surface area contributed by atoms with Crippen molar-refractivity contribution >= 4 is 11.0 Å². The Labute approximate surface area is 113 Å². The van der Waals surface area contributed by atoms with Crippen LogP contribution >= 0.6 is 0 Å². The molecule has 1 fully saturated rings. The van der Waals surface area contributed by atoms with Gasteiger partial charge in [-0.2, -0.15) is 0 Å². The van der Waals surface area contributed by atoms with Crippen molar-refractivity contribution in [2.45, 2.75) is 45.4 Å². The molecule has 1 aromatic heterocycles. The van der Waals surface area contributed by atoms with E-state index in [0.29, 0.717) is 12.6 Å². The first kappa shape index (κ1) is 12.7. The van der Waals surface area contributed by atoms with E-state index in [4.69, 9.17) is 9.15 Å². The Balaban J connectivity index is 1.81. The van der Waals surface area contributed by atoms with Gasteiger partial charge in [0.25, 0.3) is 0 Å². The fourth-order valence-electron chi connectivity index (χ4n) is 2.29. The molecule has 0 unspecified atom stereocenters. The maximum absolute atomic E-state index is 5.97. The molecule has 0 atom stereocenters. The molecule has 0 saturated heterocycles. The third-order valence-electron chi connectivity index (χ3n) is 3.51. The lowest BCUT2D eigenvalue weighted by molar-refractivity contribution is 0.121. The maximum Gasteiger partial charge on any atom is 0.134 e. The van der Waals surface area contributed by atoms with Gasteiger partial charge in [0.05, 0.1) is 13.2 Å². The van der Waals surface area contributed by atoms with Crippen LogP contribution in [0.2, 0.25) is 0 Å². The summed E-state index contributed by atoms with van der Waals surface area (Å²) in [6, 6.07) is 8.90. The Morgan fingerprint density at radius 2 is 2.16 bits per heavy atom. The number of fused-ring (bicyclic) bond motifs is 1. The van der Waals surface area contributed by atoms with Crippen LogP contribution in [0.3, 0.4) is 0 Å². The highest BCUT2D eigenvalue weighted by Gasteiger charge is 2.22. The minimum Gasteiger partial charge on any atom is -0.459 e. The smallest absolute Gasteiger partial charge is 0.134 e. The van der Waals surface area contributed by atoms with Crippen LogP contribution in [-0.4, -0.2) is 12.6 Å². The first-order chi connectivity index (χ1) is 9.38. The molecule has 0 radical (unpaired) electrons. The zero-order valence-electron chi connectivity index (χ0n) is 11.4. The Morgan fingerprint density at radius 1 is 1.32 bits per heavy atom. The second-order valence-electron chi connectivity index (χ2n) is 5.21. The van der Waals surface area contributed by atoms with Crippen molar-refractivity contribution in [1.29, 1.82) is 0 Å². The largest absolute Gasteiger partial charge is 0.459 e. The molecule has 3 nitrogen and oxygen atoms in total. The van der Waals surface area contributed by atoms with Crippen LogP contribution in [0.5, 0.6) is 0 Å². The second-order valence-corrected chi connectivity index (χ2v) is 5.21. The van der Waals surface area contributed by atoms with Crippen molar-refractivity contribution in [2.75, 3.05) is 6.61 Å².